The number of aryl methyl sites for hydroxylation is 4. The molecule has 34 heavy (non-hydrogen) atoms. The predicted molar refractivity (Wildman–Crippen MR) is 133 cm³/mol. The molecule has 0 saturated heterocycles. The summed E-state index contributed by atoms with van der Waals surface area (Å²) in [6.07, 6.45) is 0.792. The quantitative estimate of drug-likeness (QED) is 0.400. The molecule has 0 aliphatic rings. The maximum atomic E-state index is 12.6. The second kappa shape index (κ2) is 10.8. The van der Waals surface area contributed by atoms with Crippen LogP contribution in [0.1, 0.15) is 35.5 Å². The van der Waals surface area contributed by atoms with Crippen LogP contribution >= 0.6 is 11.6 Å². The van der Waals surface area contributed by atoms with Crippen molar-refractivity contribution >= 4 is 39.0 Å². The van der Waals surface area contributed by atoms with Crippen LogP contribution in [0, 0.1) is 27.7 Å². The van der Waals surface area contributed by atoms with Crippen LogP contribution in [-0.2, 0) is 14.8 Å². The fraction of sp³-hybridized carbons (Fsp3) is 0.292. The van der Waals surface area contributed by atoms with Gasteiger partial charge in [0.15, 0.2) is 0 Å². The number of rotatable bonds is 9. The van der Waals surface area contributed by atoms with Gasteiger partial charge in [0.25, 0.3) is 10.0 Å². The van der Waals surface area contributed by atoms with E-state index in [1.54, 1.807) is 32.0 Å². The Balaban J connectivity index is 1.50. The molecule has 8 nitrogen and oxygen atoms in total. The predicted octanol–water partition coefficient (Wildman–Crippen LogP) is 4.96. The molecule has 1 aromatic heterocycles. The zero-order valence-corrected chi connectivity index (χ0v) is 21.0. The lowest BCUT2D eigenvalue weighted by molar-refractivity contribution is -0.116. The number of hydrogen-bond acceptors (Lipinski definition) is 6. The molecule has 0 fully saturated rings. The highest BCUT2D eigenvalue weighted by atomic mass is 35.5. The van der Waals surface area contributed by atoms with Crippen LogP contribution in [0.2, 0.25) is 5.02 Å². The maximum absolute atomic E-state index is 12.6. The molecule has 0 aliphatic heterocycles. The van der Waals surface area contributed by atoms with Crippen LogP contribution in [-0.4, -0.2) is 30.9 Å². The van der Waals surface area contributed by atoms with Crippen molar-refractivity contribution in [1.29, 1.82) is 0 Å². The Labute approximate surface area is 204 Å². The van der Waals surface area contributed by atoms with Crippen LogP contribution in [0.3, 0.4) is 0 Å². The fourth-order valence-corrected chi connectivity index (χ4v) is 4.42. The van der Waals surface area contributed by atoms with Gasteiger partial charge in [-0.3, -0.25) is 9.52 Å². The highest BCUT2D eigenvalue weighted by Crippen LogP contribution is 2.26. The summed E-state index contributed by atoms with van der Waals surface area (Å²) < 4.78 is 33.4. The first-order chi connectivity index (χ1) is 16.0. The first kappa shape index (κ1) is 25.5. The zero-order chi connectivity index (χ0) is 24.9. The monoisotopic (exact) mass is 502 g/mol. The Morgan fingerprint density at radius 2 is 1.65 bits per heavy atom. The number of hydrogen-bond donors (Lipinski definition) is 2. The number of sulfonamides is 1. The van der Waals surface area contributed by atoms with Gasteiger partial charge in [-0.2, -0.15) is 0 Å². The molecule has 180 valence electrons. The third-order valence-corrected chi connectivity index (χ3v) is 6.85. The lowest BCUT2D eigenvalue weighted by atomic mass is 10.1. The lowest BCUT2D eigenvalue weighted by Gasteiger charge is -2.11. The van der Waals surface area contributed by atoms with E-state index in [2.05, 4.69) is 20.0 Å². The molecule has 10 heteroatoms. The highest BCUT2D eigenvalue weighted by Gasteiger charge is 2.16. The summed E-state index contributed by atoms with van der Waals surface area (Å²) in [6.45, 7) is 7.67. The zero-order valence-electron chi connectivity index (χ0n) is 19.5. The number of aromatic nitrogens is 2. The Bertz CT molecular complexity index is 1250. The summed E-state index contributed by atoms with van der Waals surface area (Å²) in [5.41, 5.74) is 3.05. The summed E-state index contributed by atoms with van der Waals surface area (Å²) in [5, 5.41) is 3.48. The van der Waals surface area contributed by atoms with E-state index in [0.29, 0.717) is 30.2 Å². The van der Waals surface area contributed by atoms with E-state index in [9.17, 15) is 13.2 Å². The molecule has 0 spiro atoms. The molecule has 3 rings (SSSR count). The van der Waals surface area contributed by atoms with Gasteiger partial charge in [0.05, 0.1) is 11.5 Å². The van der Waals surface area contributed by atoms with E-state index in [1.807, 2.05) is 26.0 Å². The Hall–Kier alpha value is -3.17. The number of amides is 1. The van der Waals surface area contributed by atoms with E-state index in [1.165, 1.54) is 12.1 Å². The highest BCUT2D eigenvalue weighted by molar-refractivity contribution is 7.92. The minimum Gasteiger partial charge on any atom is -0.494 e. The Morgan fingerprint density at radius 1 is 1.00 bits per heavy atom. The molecule has 0 radical (unpaired) electrons. The van der Waals surface area contributed by atoms with Crippen molar-refractivity contribution in [2.45, 2.75) is 45.4 Å². The first-order valence-corrected chi connectivity index (χ1v) is 12.5. The second-order valence-electron chi connectivity index (χ2n) is 7.94. The van der Waals surface area contributed by atoms with Crippen molar-refractivity contribution < 1.29 is 17.9 Å². The molecule has 1 amide bonds. The number of carbonyl (C=O) groups excluding carboxylic acids is 1. The maximum Gasteiger partial charge on any atom is 0.263 e. The van der Waals surface area contributed by atoms with Crippen LogP contribution in [0.25, 0.3) is 0 Å². The van der Waals surface area contributed by atoms with Crippen molar-refractivity contribution in [3.8, 4) is 5.75 Å². The van der Waals surface area contributed by atoms with Gasteiger partial charge < -0.3 is 10.1 Å². The van der Waals surface area contributed by atoms with Crippen molar-refractivity contribution in [1.82, 2.24) is 9.97 Å². The molecule has 0 saturated carbocycles. The Morgan fingerprint density at radius 3 is 2.26 bits per heavy atom. The van der Waals surface area contributed by atoms with E-state index in [-0.39, 0.29) is 23.0 Å². The summed E-state index contributed by atoms with van der Waals surface area (Å²) in [7, 11) is -3.82. The van der Waals surface area contributed by atoms with Gasteiger partial charge in [-0.05, 0) is 81.6 Å². The number of ether oxygens (including phenoxy) is 1. The molecule has 3 aromatic rings. The second-order valence-corrected chi connectivity index (χ2v) is 10.0. The number of nitrogens with zero attached hydrogens (tertiary/aromatic N) is 2. The standard InChI is InChI=1S/C24H27ClN4O4S/c1-15-12-20(13-16(2)24(15)25)33-11-5-6-23(30)28-19-7-9-21(10-8-19)34(31,32)29-22-14-17(3)26-18(4)27-22/h7-10,12-14H,5-6,11H2,1-4H3,(H,28,30)(H,26,27,29). The summed E-state index contributed by atoms with van der Waals surface area (Å²) in [4.78, 5) is 20.5. The molecular formula is C24H27ClN4O4S. The molecule has 2 N–H and O–H groups in total. The molecule has 0 bridgehead atoms. The third-order valence-electron chi connectivity index (χ3n) is 4.88. The summed E-state index contributed by atoms with van der Waals surface area (Å²) in [5.74, 6) is 1.21. The van der Waals surface area contributed by atoms with Crippen LogP contribution in [0.15, 0.2) is 47.4 Å². The molecule has 0 unspecified atom stereocenters. The van der Waals surface area contributed by atoms with Gasteiger partial charge >= 0.3 is 0 Å². The van der Waals surface area contributed by atoms with Crippen LogP contribution in [0.4, 0.5) is 11.5 Å². The lowest BCUT2D eigenvalue weighted by Crippen LogP contribution is -2.15. The largest absolute Gasteiger partial charge is 0.494 e. The molecular weight excluding hydrogens is 476 g/mol. The van der Waals surface area contributed by atoms with Crippen LogP contribution < -0.4 is 14.8 Å². The normalized spacial score (nSPS) is 11.2. The smallest absolute Gasteiger partial charge is 0.263 e. The third kappa shape index (κ3) is 6.91. The number of nitrogens with one attached hydrogen (secondary N) is 2. The van der Waals surface area contributed by atoms with Crippen LogP contribution in [0.5, 0.6) is 5.75 Å². The van der Waals surface area contributed by atoms with Crippen molar-refractivity contribution in [3.05, 3.63) is 70.1 Å². The fourth-order valence-electron chi connectivity index (χ4n) is 3.32. The summed E-state index contributed by atoms with van der Waals surface area (Å²) >= 11 is 6.16. The van der Waals surface area contributed by atoms with Gasteiger partial charge in [-0.15, -0.1) is 0 Å². The minimum absolute atomic E-state index is 0.0568. The number of carbonyl (C=O) groups is 1. The number of anilines is 2. The van der Waals surface area contributed by atoms with Gasteiger partial charge in [-0.1, -0.05) is 11.6 Å². The van der Waals surface area contributed by atoms with Gasteiger partial charge in [-0.25, -0.2) is 18.4 Å². The average molecular weight is 503 g/mol. The molecule has 2 aromatic carbocycles. The topological polar surface area (TPSA) is 110 Å². The molecule has 0 atom stereocenters. The van der Waals surface area contributed by atoms with E-state index < -0.39 is 10.0 Å². The number of halogens is 1. The van der Waals surface area contributed by atoms with Crippen molar-refractivity contribution in [3.63, 3.8) is 0 Å². The first-order valence-electron chi connectivity index (χ1n) is 10.7. The van der Waals surface area contributed by atoms with Gasteiger partial charge in [0.2, 0.25) is 5.91 Å². The Kier molecular flexibility index (Phi) is 8.11. The van der Waals surface area contributed by atoms with Crippen molar-refractivity contribution in [2.24, 2.45) is 0 Å². The van der Waals surface area contributed by atoms with E-state index >= 15 is 0 Å². The molecule has 1 heterocycles. The summed E-state index contributed by atoms with van der Waals surface area (Å²) in [6, 6.07) is 11.2. The van der Waals surface area contributed by atoms with Gasteiger partial charge in [0.1, 0.15) is 17.4 Å². The van der Waals surface area contributed by atoms with Crippen molar-refractivity contribution in [2.75, 3.05) is 16.6 Å². The minimum atomic E-state index is -3.82. The van der Waals surface area contributed by atoms with E-state index in [4.69, 9.17) is 16.3 Å². The SMILES string of the molecule is Cc1cc(NS(=O)(=O)c2ccc(NC(=O)CCCOc3cc(C)c(Cl)c(C)c3)cc2)nc(C)n1. The average Bonchev–Trinajstić information content (AvgIpc) is 2.74. The number of benzene rings is 2. The van der Waals surface area contributed by atoms with Gasteiger partial charge in [0, 0.05) is 28.9 Å². The van der Waals surface area contributed by atoms with E-state index in [0.717, 1.165) is 21.9 Å². The molecule has 0 aliphatic carbocycles.